The van der Waals surface area contributed by atoms with Gasteiger partial charge in [-0.25, -0.2) is 4.98 Å². The second-order valence-corrected chi connectivity index (χ2v) is 9.83. The number of ether oxygens (including phenoxy) is 1. The number of likely N-dealkylation sites (tertiary alicyclic amines) is 1. The molecule has 0 saturated carbocycles. The topological polar surface area (TPSA) is 102 Å². The molecule has 9 heteroatoms. The number of nitrogens with zero attached hydrogens (tertiary/aromatic N) is 4. The number of carbonyl (C=O) groups is 2. The minimum atomic E-state index is -0.102. The number of oxazole rings is 1. The van der Waals surface area contributed by atoms with Gasteiger partial charge in [-0.15, -0.1) is 0 Å². The second kappa shape index (κ2) is 11.6. The van der Waals surface area contributed by atoms with Gasteiger partial charge < -0.3 is 19.4 Å². The van der Waals surface area contributed by atoms with E-state index in [1.165, 1.54) is 6.26 Å². The molecular weight excluding hydrogens is 482 g/mol. The fraction of sp³-hybridized carbons (Fsp3) is 0.379. The van der Waals surface area contributed by atoms with Crippen LogP contribution in [-0.4, -0.2) is 64.8 Å². The molecule has 1 unspecified atom stereocenters. The Morgan fingerprint density at radius 2 is 1.95 bits per heavy atom. The SMILES string of the molecule is COCCNC(=O)C1=CC(C)c2cn(CC3CCN(C(=O)c4ccc(-c5ncco5)cc4)CC3)nc2C=C1. The molecule has 1 N–H and O–H groups in total. The molecule has 1 aromatic carbocycles. The van der Waals surface area contributed by atoms with Gasteiger partial charge in [0.2, 0.25) is 5.89 Å². The summed E-state index contributed by atoms with van der Waals surface area (Å²) >= 11 is 0. The van der Waals surface area contributed by atoms with E-state index in [0.717, 1.165) is 49.3 Å². The van der Waals surface area contributed by atoms with Crippen LogP contribution in [0.1, 0.15) is 47.3 Å². The summed E-state index contributed by atoms with van der Waals surface area (Å²) in [5.41, 5.74) is 4.18. The quantitative estimate of drug-likeness (QED) is 0.457. The summed E-state index contributed by atoms with van der Waals surface area (Å²) < 4.78 is 12.3. The summed E-state index contributed by atoms with van der Waals surface area (Å²) in [6.07, 6.45) is 12.8. The number of aromatic nitrogens is 3. The number of piperidine rings is 1. The molecule has 0 radical (unpaired) electrons. The first kappa shape index (κ1) is 25.7. The van der Waals surface area contributed by atoms with Crippen molar-refractivity contribution in [3.63, 3.8) is 0 Å². The summed E-state index contributed by atoms with van der Waals surface area (Å²) in [6.45, 7) is 5.32. The number of hydrogen-bond acceptors (Lipinski definition) is 6. The molecule has 3 aromatic rings. The van der Waals surface area contributed by atoms with Crippen molar-refractivity contribution in [3.8, 4) is 11.5 Å². The lowest BCUT2D eigenvalue weighted by atomic mass is 9.96. The first-order chi connectivity index (χ1) is 18.5. The van der Waals surface area contributed by atoms with Crippen LogP contribution < -0.4 is 5.32 Å². The van der Waals surface area contributed by atoms with E-state index in [9.17, 15) is 9.59 Å². The summed E-state index contributed by atoms with van der Waals surface area (Å²) in [7, 11) is 1.61. The monoisotopic (exact) mass is 515 g/mol. The Morgan fingerprint density at radius 1 is 1.16 bits per heavy atom. The van der Waals surface area contributed by atoms with Crippen LogP contribution in [0.2, 0.25) is 0 Å². The molecule has 1 aliphatic carbocycles. The molecule has 1 aliphatic heterocycles. The molecule has 2 amide bonds. The number of fused-ring (bicyclic) bond motifs is 1. The smallest absolute Gasteiger partial charge is 0.253 e. The largest absolute Gasteiger partial charge is 0.445 e. The number of nitrogens with one attached hydrogen (secondary N) is 1. The average Bonchev–Trinajstić information content (AvgIpc) is 3.59. The van der Waals surface area contributed by atoms with Crippen LogP contribution in [0.15, 0.2) is 65.1 Å². The van der Waals surface area contributed by atoms with Crippen molar-refractivity contribution in [2.45, 2.75) is 32.2 Å². The molecule has 5 rings (SSSR count). The molecule has 2 aliphatic rings. The molecule has 1 atom stereocenters. The van der Waals surface area contributed by atoms with Gasteiger partial charge in [0.05, 0.1) is 18.5 Å². The number of carbonyl (C=O) groups excluding carboxylic acids is 2. The van der Waals surface area contributed by atoms with E-state index < -0.39 is 0 Å². The van der Waals surface area contributed by atoms with Gasteiger partial charge in [0.15, 0.2) is 0 Å². The van der Waals surface area contributed by atoms with Crippen LogP contribution in [0, 0.1) is 5.92 Å². The third-order valence-electron chi connectivity index (χ3n) is 7.17. The van der Waals surface area contributed by atoms with Gasteiger partial charge in [-0.2, -0.15) is 5.10 Å². The molecule has 0 spiro atoms. The van der Waals surface area contributed by atoms with E-state index in [1.807, 2.05) is 52.1 Å². The third kappa shape index (κ3) is 5.78. The van der Waals surface area contributed by atoms with Crippen molar-refractivity contribution >= 4 is 17.9 Å². The minimum Gasteiger partial charge on any atom is -0.445 e. The Balaban J connectivity index is 1.14. The Labute approximate surface area is 222 Å². The molecule has 1 fully saturated rings. The molecule has 38 heavy (non-hydrogen) atoms. The second-order valence-electron chi connectivity index (χ2n) is 9.83. The van der Waals surface area contributed by atoms with E-state index in [0.29, 0.717) is 36.1 Å². The van der Waals surface area contributed by atoms with E-state index in [2.05, 4.69) is 23.4 Å². The van der Waals surface area contributed by atoms with Crippen molar-refractivity contribution in [1.29, 1.82) is 0 Å². The molecular formula is C29H33N5O4. The third-order valence-corrected chi connectivity index (χ3v) is 7.17. The number of allylic oxidation sites excluding steroid dienone is 1. The van der Waals surface area contributed by atoms with Crippen molar-refractivity contribution in [3.05, 3.63) is 77.5 Å². The van der Waals surface area contributed by atoms with Crippen molar-refractivity contribution in [1.82, 2.24) is 25.0 Å². The predicted octanol–water partition coefficient (Wildman–Crippen LogP) is 3.91. The van der Waals surface area contributed by atoms with Gasteiger partial charge in [-0.05, 0) is 55.2 Å². The number of rotatable bonds is 8. The number of amides is 2. The standard InChI is InChI=1S/C29H33N5O4/c1-20-17-24(27(35)30-11-15-37-2)7-8-26-25(20)19-34(32-26)18-21-9-13-33(14-10-21)29(36)23-5-3-22(4-6-23)28-31-12-16-38-28/h3-8,12,16-17,19-21H,9-11,13-15,18H2,1-2H3,(H,30,35). The fourth-order valence-corrected chi connectivity index (χ4v) is 5.02. The Bertz CT molecular complexity index is 1320. The molecule has 3 heterocycles. The first-order valence-electron chi connectivity index (χ1n) is 13.1. The van der Waals surface area contributed by atoms with Crippen molar-refractivity contribution in [2.75, 3.05) is 33.4 Å². The summed E-state index contributed by atoms with van der Waals surface area (Å²) in [4.78, 5) is 31.6. The summed E-state index contributed by atoms with van der Waals surface area (Å²) in [5, 5.41) is 7.68. The Morgan fingerprint density at radius 3 is 2.66 bits per heavy atom. The van der Waals surface area contributed by atoms with Crippen molar-refractivity contribution in [2.24, 2.45) is 5.92 Å². The zero-order chi connectivity index (χ0) is 26.5. The van der Waals surface area contributed by atoms with Crippen molar-refractivity contribution < 1.29 is 18.7 Å². The molecule has 1 saturated heterocycles. The lowest BCUT2D eigenvalue weighted by molar-refractivity contribution is -0.117. The van der Waals surface area contributed by atoms with Gasteiger partial charge in [0.25, 0.3) is 11.8 Å². The average molecular weight is 516 g/mol. The number of hydrogen-bond donors (Lipinski definition) is 1. The van der Waals surface area contributed by atoms with E-state index >= 15 is 0 Å². The maximum Gasteiger partial charge on any atom is 0.253 e. The summed E-state index contributed by atoms with van der Waals surface area (Å²) in [5.74, 6) is 1.03. The van der Waals surface area contributed by atoms with Gasteiger partial charge in [-0.1, -0.05) is 13.0 Å². The van der Waals surface area contributed by atoms with Crippen LogP contribution in [0.3, 0.4) is 0 Å². The highest BCUT2D eigenvalue weighted by molar-refractivity contribution is 5.97. The highest BCUT2D eigenvalue weighted by Crippen LogP contribution is 2.28. The highest BCUT2D eigenvalue weighted by atomic mass is 16.5. The van der Waals surface area contributed by atoms with Crippen LogP contribution in [0.25, 0.3) is 17.5 Å². The van der Waals surface area contributed by atoms with Gasteiger partial charge >= 0.3 is 0 Å². The first-order valence-corrected chi connectivity index (χ1v) is 13.1. The molecule has 0 bridgehead atoms. The lowest BCUT2D eigenvalue weighted by Gasteiger charge is -2.32. The molecule has 2 aromatic heterocycles. The normalized spacial score (nSPS) is 17.6. The van der Waals surface area contributed by atoms with E-state index in [1.54, 1.807) is 13.3 Å². The minimum absolute atomic E-state index is 0.0565. The van der Waals surface area contributed by atoms with E-state index in [-0.39, 0.29) is 17.7 Å². The maximum atomic E-state index is 13.0. The zero-order valence-corrected chi connectivity index (χ0v) is 21.8. The Hall–Kier alpha value is -3.98. The van der Waals surface area contributed by atoms with Gasteiger partial charge in [0.1, 0.15) is 6.26 Å². The van der Waals surface area contributed by atoms with Crippen LogP contribution >= 0.6 is 0 Å². The highest BCUT2D eigenvalue weighted by Gasteiger charge is 2.25. The van der Waals surface area contributed by atoms with Crippen LogP contribution in [0.5, 0.6) is 0 Å². The fourth-order valence-electron chi connectivity index (χ4n) is 5.02. The van der Waals surface area contributed by atoms with Crippen LogP contribution in [-0.2, 0) is 16.1 Å². The zero-order valence-electron chi connectivity index (χ0n) is 21.8. The number of benzene rings is 1. The summed E-state index contributed by atoms with van der Waals surface area (Å²) in [6, 6.07) is 7.41. The maximum absolute atomic E-state index is 13.0. The van der Waals surface area contributed by atoms with Gasteiger partial charge in [-0.3, -0.25) is 14.3 Å². The van der Waals surface area contributed by atoms with E-state index in [4.69, 9.17) is 14.3 Å². The van der Waals surface area contributed by atoms with Gasteiger partial charge in [0, 0.05) is 67.7 Å². The lowest BCUT2D eigenvalue weighted by Crippen LogP contribution is -2.39. The number of methoxy groups -OCH3 is 1. The molecule has 198 valence electrons. The van der Waals surface area contributed by atoms with Crippen LogP contribution in [0.4, 0.5) is 0 Å². The predicted molar refractivity (Wildman–Crippen MR) is 143 cm³/mol. The molecule has 9 nitrogen and oxygen atoms in total. The Kier molecular flexibility index (Phi) is 7.83.